The Hall–Kier alpha value is -1.36. The molecule has 3 nitrogen and oxygen atoms in total. The summed E-state index contributed by atoms with van der Waals surface area (Å²) in [6.07, 6.45) is 0.412. The third-order valence-corrected chi connectivity index (χ3v) is 4.03. The number of fused-ring (bicyclic) bond motifs is 1. The summed E-state index contributed by atoms with van der Waals surface area (Å²) in [5.74, 6) is 0.0243. The molecule has 1 aliphatic rings. The Morgan fingerprint density at radius 1 is 1.20 bits per heavy atom. The third kappa shape index (κ3) is 2.59. The lowest BCUT2D eigenvalue weighted by atomic mass is 9.97. The van der Waals surface area contributed by atoms with E-state index in [4.69, 9.17) is 17.3 Å². The van der Waals surface area contributed by atoms with Crippen molar-refractivity contribution in [1.29, 1.82) is 0 Å². The van der Waals surface area contributed by atoms with Crippen LogP contribution in [-0.4, -0.2) is 5.91 Å². The zero-order chi connectivity index (χ0) is 14.3. The maximum atomic E-state index is 11.4. The van der Waals surface area contributed by atoms with E-state index in [-0.39, 0.29) is 11.9 Å². The van der Waals surface area contributed by atoms with Crippen LogP contribution in [0.1, 0.15) is 22.7 Å². The van der Waals surface area contributed by atoms with Gasteiger partial charge in [0.25, 0.3) is 0 Å². The summed E-state index contributed by atoms with van der Waals surface area (Å²) in [4.78, 5) is 11.4. The van der Waals surface area contributed by atoms with Crippen LogP contribution < -0.4 is 11.1 Å². The second-order valence-corrected chi connectivity index (χ2v) is 6.17. The van der Waals surface area contributed by atoms with Gasteiger partial charge < -0.3 is 11.1 Å². The van der Waals surface area contributed by atoms with Crippen LogP contribution in [0.3, 0.4) is 0 Å². The fourth-order valence-electron chi connectivity index (χ4n) is 2.39. The molecule has 1 unspecified atom stereocenters. The number of amides is 1. The Morgan fingerprint density at radius 3 is 2.75 bits per heavy atom. The fourth-order valence-corrected chi connectivity index (χ4v) is 3.28. The number of benzene rings is 2. The first-order chi connectivity index (χ1) is 9.52. The van der Waals surface area contributed by atoms with Crippen LogP contribution in [-0.2, 0) is 11.2 Å². The van der Waals surface area contributed by atoms with Crippen molar-refractivity contribution < 1.29 is 4.79 Å². The summed E-state index contributed by atoms with van der Waals surface area (Å²) in [5, 5.41) is 3.45. The van der Waals surface area contributed by atoms with Crippen molar-refractivity contribution in [2.75, 3.05) is 5.32 Å². The molecule has 20 heavy (non-hydrogen) atoms. The van der Waals surface area contributed by atoms with E-state index in [0.29, 0.717) is 11.4 Å². The fraction of sp³-hybridized carbons (Fsp3) is 0.133. The van der Waals surface area contributed by atoms with Gasteiger partial charge in [0.05, 0.1) is 12.5 Å². The van der Waals surface area contributed by atoms with Gasteiger partial charge in [0, 0.05) is 15.2 Å². The van der Waals surface area contributed by atoms with Crippen LogP contribution >= 0.6 is 27.5 Å². The highest BCUT2D eigenvalue weighted by Gasteiger charge is 2.19. The number of nitrogens with two attached hydrogens (primary N) is 1. The van der Waals surface area contributed by atoms with Gasteiger partial charge in [0.2, 0.25) is 5.91 Å². The van der Waals surface area contributed by atoms with E-state index in [1.165, 1.54) is 0 Å². The van der Waals surface area contributed by atoms with E-state index in [1.54, 1.807) is 0 Å². The van der Waals surface area contributed by atoms with Gasteiger partial charge >= 0.3 is 0 Å². The second kappa shape index (κ2) is 5.20. The molecule has 0 bridgehead atoms. The molecule has 3 rings (SSSR count). The third-order valence-electron chi connectivity index (χ3n) is 3.36. The summed E-state index contributed by atoms with van der Waals surface area (Å²) in [6, 6.07) is 11.2. The van der Waals surface area contributed by atoms with Gasteiger partial charge in [-0.2, -0.15) is 0 Å². The molecule has 0 aromatic heterocycles. The van der Waals surface area contributed by atoms with Crippen LogP contribution in [0, 0.1) is 0 Å². The predicted octanol–water partition coefficient (Wildman–Crippen LogP) is 3.65. The SMILES string of the molecule is NC(c1cc(Cl)cc(Br)c1)c1ccc2c(c1)CC(=O)N2. The Balaban J connectivity index is 1.97. The molecule has 2 aromatic rings. The largest absolute Gasteiger partial charge is 0.326 e. The quantitative estimate of drug-likeness (QED) is 0.868. The zero-order valence-corrected chi connectivity index (χ0v) is 12.8. The van der Waals surface area contributed by atoms with Crippen molar-refractivity contribution >= 4 is 39.1 Å². The Bertz CT molecular complexity index is 682. The highest BCUT2D eigenvalue weighted by Crippen LogP contribution is 2.30. The van der Waals surface area contributed by atoms with Crippen LogP contribution in [0.5, 0.6) is 0 Å². The monoisotopic (exact) mass is 350 g/mol. The number of hydrogen-bond donors (Lipinski definition) is 2. The zero-order valence-electron chi connectivity index (χ0n) is 10.5. The van der Waals surface area contributed by atoms with Crippen molar-refractivity contribution in [2.24, 2.45) is 5.73 Å². The van der Waals surface area contributed by atoms with E-state index in [0.717, 1.165) is 26.9 Å². The lowest BCUT2D eigenvalue weighted by Gasteiger charge is -2.14. The lowest BCUT2D eigenvalue weighted by molar-refractivity contribution is -0.115. The first-order valence-corrected chi connectivity index (χ1v) is 7.34. The summed E-state index contributed by atoms with van der Waals surface area (Å²) in [5.41, 5.74) is 10.1. The molecule has 2 aromatic carbocycles. The van der Waals surface area contributed by atoms with Crippen molar-refractivity contribution in [1.82, 2.24) is 0 Å². The number of hydrogen-bond acceptors (Lipinski definition) is 2. The van der Waals surface area contributed by atoms with Gasteiger partial charge in [0.1, 0.15) is 0 Å². The molecule has 1 aliphatic heterocycles. The molecule has 102 valence electrons. The van der Waals surface area contributed by atoms with Gasteiger partial charge in [-0.25, -0.2) is 0 Å². The van der Waals surface area contributed by atoms with Crippen molar-refractivity contribution in [3.8, 4) is 0 Å². The number of anilines is 1. The van der Waals surface area contributed by atoms with Gasteiger partial charge in [-0.3, -0.25) is 4.79 Å². The van der Waals surface area contributed by atoms with E-state index >= 15 is 0 Å². The van der Waals surface area contributed by atoms with Gasteiger partial charge in [-0.1, -0.05) is 39.7 Å². The van der Waals surface area contributed by atoms with E-state index in [2.05, 4.69) is 21.2 Å². The average Bonchev–Trinajstić information content (AvgIpc) is 2.75. The smallest absolute Gasteiger partial charge is 0.228 e. The molecule has 0 saturated heterocycles. The van der Waals surface area contributed by atoms with Crippen LogP contribution in [0.15, 0.2) is 40.9 Å². The molecule has 0 saturated carbocycles. The highest BCUT2D eigenvalue weighted by molar-refractivity contribution is 9.10. The number of nitrogens with one attached hydrogen (secondary N) is 1. The van der Waals surface area contributed by atoms with Gasteiger partial charge in [0.15, 0.2) is 0 Å². The first kappa shape index (κ1) is 13.6. The minimum atomic E-state index is -0.272. The van der Waals surface area contributed by atoms with Crippen LogP contribution in [0.2, 0.25) is 5.02 Å². The molecule has 0 radical (unpaired) electrons. The van der Waals surface area contributed by atoms with Gasteiger partial charge in [-0.15, -0.1) is 0 Å². The minimum Gasteiger partial charge on any atom is -0.326 e. The van der Waals surface area contributed by atoms with Crippen molar-refractivity contribution in [3.05, 3.63) is 62.6 Å². The molecule has 0 fully saturated rings. The number of halogens is 2. The van der Waals surface area contributed by atoms with E-state index in [9.17, 15) is 4.79 Å². The van der Waals surface area contributed by atoms with Gasteiger partial charge in [-0.05, 0) is 41.0 Å². The van der Waals surface area contributed by atoms with Crippen LogP contribution in [0.4, 0.5) is 5.69 Å². The number of carbonyl (C=O) groups excluding carboxylic acids is 1. The minimum absolute atomic E-state index is 0.0243. The lowest BCUT2D eigenvalue weighted by Crippen LogP contribution is -2.12. The molecule has 0 aliphatic carbocycles. The molecule has 0 spiro atoms. The predicted molar refractivity (Wildman–Crippen MR) is 84.0 cm³/mol. The first-order valence-electron chi connectivity index (χ1n) is 6.17. The molecule has 1 atom stereocenters. The molecule has 5 heteroatoms. The number of rotatable bonds is 2. The summed E-state index contributed by atoms with van der Waals surface area (Å²) in [7, 11) is 0. The molecule has 3 N–H and O–H groups in total. The van der Waals surface area contributed by atoms with Crippen LogP contribution in [0.25, 0.3) is 0 Å². The molecule has 1 amide bonds. The summed E-state index contributed by atoms with van der Waals surface area (Å²) in [6.45, 7) is 0. The normalized spacial score (nSPS) is 14.8. The van der Waals surface area contributed by atoms with E-state index in [1.807, 2.05) is 36.4 Å². The Kier molecular flexibility index (Phi) is 3.54. The Morgan fingerprint density at radius 2 is 2.00 bits per heavy atom. The maximum Gasteiger partial charge on any atom is 0.228 e. The number of carbonyl (C=O) groups is 1. The van der Waals surface area contributed by atoms with Crippen molar-refractivity contribution in [2.45, 2.75) is 12.5 Å². The molecule has 1 heterocycles. The average molecular weight is 352 g/mol. The Labute approximate surface area is 130 Å². The topological polar surface area (TPSA) is 55.1 Å². The van der Waals surface area contributed by atoms with E-state index < -0.39 is 0 Å². The second-order valence-electron chi connectivity index (χ2n) is 4.82. The highest BCUT2D eigenvalue weighted by atomic mass is 79.9. The standard InChI is InChI=1S/C15H12BrClN2O/c16-11-4-10(5-12(17)7-11)15(18)8-1-2-13-9(3-8)6-14(20)19-13/h1-5,7,15H,6,18H2,(H,19,20). The maximum absolute atomic E-state index is 11.4. The van der Waals surface area contributed by atoms with Crippen molar-refractivity contribution in [3.63, 3.8) is 0 Å². The summed E-state index contributed by atoms with van der Waals surface area (Å²) < 4.78 is 0.897. The molecular formula is C15H12BrClN2O. The molecular weight excluding hydrogens is 340 g/mol. The summed E-state index contributed by atoms with van der Waals surface area (Å²) >= 11 is 9.47.